The molecular formula is C13H10F3N3O. The monoisotopic (exact) mass is 281 g/mol. The standard InChI is InChI=1S/C13H10F3N3O/c14-13(15,16)20-11-3-1-10(2-4-11)19-6-5-9-7-17-8-18-12(9)19/h1-6,8H,7H2,(H,17,18). The SMILES string of the molecule is FC(F)(F)Oc1ccc(-n2ccc3c2NC=NC3)cc1. The van der Waals surface area contributed by atoms with Crippen LogP contribution < -0.4 is 10.1 Å². The maximum absolute atomic E-state index is 12.1. The van der Waals surface area contributed by atoms with Gasteiger partial charge in [-0.2, -0.15) is 0 Å². The minimum atomic E-state index is -4.67. The first-order valence-corrected chi connectivity index (χ1v) is 5.84. The van der Waals surface area contributed by atoms with Crippen LogP contribution in [0.5, 0.6) is 5.75 Å². The molecule has 0 saturated carbocycles. The van der Waals surface area contributed by atoms with Crippen molar-refractivity contribution >= 4 is 12.2 Å². The Morgan fingerprint density at radius 1 is 1.15 bits per heavy atom. The van der Waals surface area contributed by atoms with Crippen LogP contribution in [0, 0.1) is 0 Å². The summed E-state index contributed by atoms with van der Waals surface area (Å²) in [6.45, 7) is 0.588. The maximum Gasteiger partial charge on any atom is 0.573 e. The minimum Gasteiger partial charge on any atom is -0.406 e. The van der Waals surface area contributed by atoms with Gasteiger partial charge in [0.15, 0.2) is 0 Å². The lowest BCUT2D eigenvalue weighted by Crippen LogP contribution is -2.17. The van der Waals surface area contributed by atoms with Gasteiger partial charge in [0.2, 0.25) is 0 Å². The van der Waals surface area contributed by atoms with Crippen LogP contribution in [0.1, 0.15) is 5.56 Å². The molecule has 0 bridgehead atoms. The Hall–Kier alpha value is -2.44. The average Bonchev–Trinajstić information content (AvgIpc) is 2.82. The number of hydrogen-bond acceptors (Lipinski definition) is 3. The summed E-state index contributed by atoms with van der Waals surface area (Å²) in [5.41, 5.74) is 1.77. The van der Waals surface area contributed by atoms with E-state index in [2.05, 4.69) is 15.0 Å². The molecule has 2 heterocycles. The van der Waals surface area contributed by atoms with Gasteiger partial charge in [0, 0.05) is 17.4 Å². The Morgan fingerprint density at radius 2 is 1.90 bits per heavy atom. The zero-order valence-corrected chi connectivity index (χ0v) is 10.2. The van der Waals surface area contributed by atoms with Gasteiger partial charge in [-0.3, -0.25) is 4.99 Å². The van der Waals surface area contributed by atoms with Crippen molar-refractivity contribution in [2.75, 3.05) is 5.32 Å². The van der Waals surface area contributed by atoms with Crippen molar-refractivity contribution in [2.24, 2.45) is 4.99 Å². The van der Waals surface area contributed by atoms with Crippen molar-refractivity contribution in [3.05, 3.63) is 42.1 Å². The number of rotatable bonds is 2. The number of ether oxygens (including phenoxy) is 1. The minimum absolute atomic E-state index is 0.239. The highest BCUT2D eigenvalue weighted by molar-refractivity contribution is 5.79. The number of alkyl halides is 3. The van der Waals surface area contributed by atoms with Gasteiger partial charge >= 0.3 is 6.36 Å². The molecule has 0 saturated heterocycles. The van der Waals surface area contributed by atoms with E-state index in [1.165, 1.54) is 12.1 Å². The van der Waals surface area contributed by atoms with E-state index in [9.17, 15) is 13.2 Å². The third-order valence-electron chi connectivity index (χ3n) is 2.87. The van der Waals surface area contributed by atoms with Gasteiger partial charge in [0.25, 0.3) is 0 Å². The molecule has 0 unspecified atom stereocenters. The van der Waals surface area contributed by atoms with Crippen LogP contribution in [0.4, 0.5) is 19.0 Å². The van der Waals surface area contributed by atoms with E-state index in [0.717, 1.165) is 17.1 Å². The first kappa shape index (κ1) is 12.6. The van der Waals surface area contributed by atoms with Crippen molar-refractivity contribution in [1.82, 2.24) is 4.57 Å². The summed E-state index contributed by atoms with van der Waals surface area (Å²) in [5, 5.41) is 3.02. The Bertz CT molecular complexity index is 644. The molecule has 0 spiro atoms. The Labute approximate surface area is 112 Å². The third kappa shape index (κ3) is 2.47. The maximum atomic E-state index is 12.1. The molecule has 0 aliphatic carbocycles. The van der Waals surface area contributed by atoms with Crippen LogP contribution in [-0.4, -0.2) is 17.3 Å². The molecule has 1 aliphatic rings. The lowest BCUT2D eigenvalue weighted by molar-refractivity contribution is -0.274. The van der Waals surface area contributed by atoms with Gasteiger partial charge in [0.05, 0.1) is 12.9 Å². The second kappa shape index (κ2) is 4.59. The zero-order valence-electron chi connectivity index (χ0n) is 10.2. The third-order valence-corrected chi connectivity index (χ3v) is 2.87. The van der Waals surface area contributed by atoms with Crippen molar-refractivity contribution in [3.8, 4) is 11.4 Å². The van der Waals surface area contributed by atoms with Crippen LogP contribution >= 0.6 is 0 Å². The fourth-order valence-electron chi connectivity index (χ4n) is 2.04. The van der Waals surface area contributed by atoms with E-state index in [1.807, 2.05) is 16.8 Å². The van der Waals surface area contributed by atoms with E-state index >= 15 is 0 Å². The number of benzene rings is 1. The average molecular weight is 281 g/mol. The molecule has 20 heavy (non-hydrogen) atoms. The summed E-state index contributed by atoms with van der Waals surface area (Å²) in [6, 6.07) is 7.61. The molecule has 7 heteroatoms. The largest absolute Gasteiger partial charge is 0.573 e. The number of nitrogens with zero attached hydrogens (tertiary/aromatic N) is 2. The number of nitrogens with one attached hydrogen (secondary N) is 1. The first-order valence-electron chi connectivity index (χ1n) is 5.84. The number of hydrogen-bond donors (Lipinski definition) is 1. The normalized spacial score (nSPS) is 13.8. The molecule has 0 fully saturated rings. The highest BCUT2D eigenvalue weighted by atomic mass is 19.4. The molecule has 4 nitrogen and oxygen atoms in total. The van der Waals surface area contributed by atoms with E-state index < -0.39 is 6.36 Å². The lowest BCUT2D eigenvalue weighted by Gasteiger charge is -2.14. The molecule has 2 aromatic rings. The van der Waals surface area contributed by atoms with E-state index in [-0.39, 0.29) is 5.75 Å². The highest BCUT2D eigenvalue weighted by Crippen LogP contribution is 2.27. The topological polar surface area (TPSA) is 38.5 Å². The second-order valence-electron chi connectivity index (χ2n) is 4.22. The van der Waals surface area contributed by atoms with Gasteiger partial charge in [0.1, 0.15) is 11.6 Å². The number of aromatic nitrogens is 1. The fourth-order valence-corrected chi connectivity index (χ4v) is 2.04. The van der Waals surface area contributed by atoms with Crippen molar-refractivity contribution in [1.29, 1.82) is 0 Å². The van der Waals surface area contributed by atoms with Crippen LogP contribution in [-0.2, 0) is 6.54 Å². The van der Waals surface area contributed by atoms with Crippen molar-refractivity contribution in [2.45, 2.75) is 12.9 Å². The predicted octanol–water partition coefficient (Wildman–Crippen LogP) is 3.33. The van der Waals surface area contributed by atoms with Crippen LogP contribution in [0.15, 0.2) is 41.5 Å². The van der Waals surface area contributed by atoms with Crippen LogP contribution in [0.3, 0.4) is 0 Å². The summed E-state index contributed by atoms with van der Waals surface area (Å²) in [4.78, 5) is 4.09. The summed E-state index contributed by atoms with van der Waals surface area (Å²) in [6.07, 6.45) is -1.24. The second-order valence-corrected chi connectivity index (χ2v) is 4.22. The van der Waals surface area contributed by atoms with E-state index in [1.54, 1.807) is 18.5 Å². The van der Waals surface area contributed by atoms with E-state index in [4.69, 9.17) is 0 Å². The number of aliphatic imine (C=N–C) groups is 1. The Balaban J connectivity index is 1.87. The molecular weight excluding hydrogens is 271 g/mol. The van der Waals surface area contributed by atoms with Gasteiger partial charge in [-0.1, -0.05) is 0 Å². The number of anilines is 1. The smallest absolute Gasteiger partial charge is 0.406 e. The summed E-state index contributed by atoms with van der Waals surface area (Å²) in [7, 11) is 0. The molecule has 0 amide bonds. The molecule has 0 radical (unpaired) electrons. The van der Waals surface area contributed by atoms with Gasteiger partial charge in [-0.25, -0.2) is 0 Å². The number of fused-ring (bicyclic) bond motifs is 1. The summed E-state index contributed by atoms with van der Waals surface area (Å²) < 4.78 is 42.0. The molecule has 1 N–H and O–H groups in total. The van der Waals surface area contributed by atoms with Gasteiger partial charge in [-0.05, 0) is 30.3 Å². The number of halogens is 3. The Morgan fingerprint density at radius 3 is 2.60 bits per heavy atom. The lowest BCUT2D eigenvalue weighted by atomic mass is 10.3. The zero-order chi connectivity index (χ0) is 14.2. The summed E-state index contributed by atoms with van der Waals surface area (Å²) in [5.74, 6) is 0.626. The van der Waals surface area contributed by atoms with E-state index in [0.29, 0.717) is 6.54 Å². The molecule has 1 aromatic carbocycles. The fraction of sp³-hybridized carbons (Fsp3) is 0.154. The van der Waals surface area contributed by atoms with Crippen molar-refractivity contribution < 1.29 is 17.9 Å². The molecule has 0 atom stereocenters. The molecule has 1 aliphatic heterocycles. The predicted molar refractivity (Wildman–Crippen MR) is 68.3 cm³/mol. The Kier molecular flexibility index (Phi) is 2.89. The van der Waals surface area contributed by atoms with Gasteiger partial charge in [-0.15, -0.1) is 13.2 Å². The van der Waals surface area contributed by atoms with Crippen molar-refractivity contribution in [3.63, 3.8) is 0 Å². The quantitative estimate of drug-likeness (QED) is 0.917. The molecule has 3 rings (SSSR count). The van der Waals surface area contributed by atoms with Crippen LogP contribution in [0.2, 0.25) is 0 Å². The summed E-state index contributed by atoms with van der Waals surface area (Å²) >= 11 is 0. The molecule has 104 valence electrons. The van der Waals surface area contributed by atoms with Crippen LogP contribution in [0.25, 0.3) is 5.69 Å². The van der Waals surface area contributed by atoms with Gasteiger partial charge < -0.3 is 14.6 Å². The highest BCUT2D eigenvalue weighted by Gasteiger charge is 2.31. The molecule has 1 aromatic heterocycles. The first-order chi connectivity index (χ1) is 9.53.